The van der Waals surface area contributed by atoms with Crippen LogP contribution in [0.5, 0.6) is 0 Å². The first-order valence-electron chi connectivity index (χ1n) is 6.90. The average molecular weight is 271 g/mol. The largest absolute Gasteiger partial charge is 0.409 e. The van der Waals surface area contributed by atoms with Crippen molar-refractivity contribution in [3.63, 3.8) is 0 Å². The van der Waals surface area contributed by atoms with Gasteiger partial charge in [-0.3, -0.25) is 4.79 Å². The molecule has 1 aliphatic rings. The first-order chi connectivity index (χ1) is 9.08. The Balaban J connectivity index is 2.77. The molecule has 1 saturated heterocycles. The van der Waals surface area contributed by atoms with Gasteiger partial charge >= 0.3 is 0 Å². The first kappa shape index (κ1) is 15.8. The third kappa shape index (κ3) is 3.59. The molecule has 0 radical (unpaired) electrons. The van der Waals surface area contributed by atoms with Gasteiger partial charge in [-0.05, 0) is 19.3 Å². The van der Waals surface area contributed by atoms with E-state index in [1.807, 2.05) is 0 Å². The number of carbonyl (C=O) groups excluding carboxylic acids is 1. The van der Waals surface area contributed by atoms with E-state index in [-0.39, 0.29) is 11.7 Å². The summed E-state index contributed by atoms with van der Waals surface area (Å²) >= 11 is 0. The molecule has 1 heterocycles. The summed E-state index contributed by atoms with van der Waals surface area (Å²) in [6.45, 7) is 3.75. The van der Waals surface area contributed by atoms with Crippen molar-refractivity contribution in [3.8, 4) is 0 Å². The van der Waals surface area contributed by atoms with Crippen molar-refractivity contribution in [2.75, 3.05) is 26.8 Å². The maximum absolute atomic E-state index is 12.6. The van der Waals surface area contributed by atoms with Gasteiger partial charge in [0.2, 0.25) is 5.91 Å². The number of nitrogens with two attached hydrogens (primary N) is 1. The minimum absolute atomic E-state index is 0.00291. The molecule has 1 fully saturated rings. The Labute approximate surface area is 114 Å². The quantitative estimate of drug-likeness (QED) is 0.250. The van der Waals surface area contributed by atoms with Crippen LogP contribution in [0.2, 0.25) is 0 Å². The van der Waals surface area contributed by atoms with E-state index in [1.165, 1.54) is 0 Å². The van der Waals surface area contributed by atoms with Gasteiger partial charge in [-0.2, -0.15) is 0 Å². The van der Waals surface area contributed by atoms with E-state index < -0.39 is 5.41 Å². The van der Waals surface area contributed by atoms with E-state index >= 15 is 0 Å². The Morgan fingerprint density at radius 3 is 2.58 bits per heavy atom. The number of rotatable bonds is 6. The molecule has 3 N–H and O–H groups in total. The number of hydrogen-bond donors (Lipinski definition) is 2. The average Bonchev–Trinajstić information content (AvgIpc) is 2.46. The van der Waals surface area contributed by atoms with Gasteiger partial charge in [0, 0.05) is 26.8 Å². The van der Waals surface area contributed by atoms with Crippen LogP contribution in [-0.2, 0) is 9.53 Å². The minimum atomic E-state index is -0.895. The van der Waals surface area contributed by atoms with Crippen LogP contribution in [0.25, 0.3) is 0 Å². The molecular weight excluding hydrogens is 246 g/mol. The van der Waals surface area contributed by atoms with Crippen LogP contribution < -0.4 is 5.73 Å². The van der Waals surface area contributed by atoms with Crippen LogP contribution in [-0.4, -0.2) is 48.7 Å². The number of amidine groups is 1. The standard InChI is InChI=1S/C13H25N3O3/c1-3-4-5-8-16(2)12(17)13(11(14)15-18)6-9-19-10-7-13/h18H,3-10H2,1-2H3,(H2,14,15). The van der Waals surface area contributed by atoms with Crippen molar-refractivity contribution in [3.05, 3.63) is 0 Å². The van der Waals surface area contributed by atoms with Gasteiger partial charge in [0.1, 0.15) is 5.41 Å². The topological polar surface area (TPSA) is 88.2 Å². The summed E-state index contributed by atoms with van der Waals surface area (Å²) in [5.41, 5.74) is 4.88. The van der Waals surface area contributed by atoms with Crippen molar-refractivity contribution >= 4 is 11.7 Å². The molecule has 0 aromatic rings. The third-order valence-corrected chi connectivity index (χ3v) is 3.80. The summed E-state index contributed by atoms with van der Waals surface area (Å²) in [7, 11) is 1.78. The molecule has 6 heteroatoms. The fourth-order valence-electron chi connectivity index (χ4n) is 2.46. The van der Waals surface area contributed by atoms with Crippen molar-refractivity contribution in [1.29, 1.82) is 0 Å². The van der Waals surface area contributed by atoms with Crippen molar-refractivity contribution in [1.82, 2.24) is 4.90 Å². The van der Waals surface area contributed by atoms with Gasteiger partial charge in [-0.25, -0.2) is 0 Å². The van der Waals surface area contributed by atoms with Crippen LogP contribution in [0.4, 0.5) is 0 Å². The highest BCUT2D eigenvalue weighted by Crippen LogP contribution is 2.33. The monoisotopic (exact) mass is 271 g/mol. The van der Waals surface area contributed by atoms with Crippen LogP contribution >= 0.6 is 0 Å². The van der Waals surface area contributed by atoms with E-state index in [2.05, 4.69) is 12.1 Å². The molecule has 6 nitrogen and oxygen atoms in total. The van der Waals surface area contributed by atoms with Gasteiger partial charge < -0.3 is 20.6 Å². The maximum atomic E-state index is 12.6. The number of ether oxygens (including phenoxy) is 1. The molecule has 110 valence electrons. The Morgan fingerprint density at radius 1 is 1.42 bits per heavy atom. The number of oxime groups is 1. The second kappa shape index (κ2) is 7.33. The van der Waals surface area contributed by atoms with Gasteiger partial charge in [0.15, 0.2) is 5.84 Å². The van der Waals surface area contributed by atoms with E-state index in [1.54, 1.807) is 11.9 Å². The molecule has 0 bridgehead atoms. The lowest BCUT2D eigenvalue weighted by molar-refractivity contribution is -0.141. The van der Waals surface area contributed by atoms with Gasteiger partial charge in [0.05, 0.1) is 0 Å². The smallest absolute Gasteiger partial charge is 0.236 e. The van der Waals surface area contributed by atoms with E-state index in [0.717, 1.165) is 19.3 Å². The third-order valence-electron chi connectivity index (χ3n) is 3.80. The minimum Gasteiger partial charge on any atom is -0.409 e. The number of amides is 1. The van der Waals surface area contributed by atoms with Crippen LogP contribution in [0.3, 0.4) is 0 Å². The van der Waals surface area contributed by atoms with Gasteiger partial charge in [-0.1, -0.05) is 24.9 Å². The Kier molecular flexibility index (Phi) is 6.08. The predicted octanol–water partition coefficient (Wildman–Crippen LogP) is 1.18. The molecule has 0 saturated carbocycles. The molecule has 0 aromatic carbocycles. The summed E-state index contributed by atoms with van der Waals surface area (Å²) in [5.74, 6) is -0.0645. The SMILES string of the molecule is CCCCCN(C)C(=O)C1(C(N)=NO)CCOCC1. The van der Waals surface area contributed by atoms with Crippen molar-refractivity contribution in [2.45, 2.75) is 39.0 Å². The Hall–Kier alpha value is -1.30. The molecule has 0 aliphatic carbocycles. The molecular formula is C13H25N3O3. The van der Waals surface area contributed by atoms with E-state index in [0.29, 0.717) is 32.6 Å². The zero-order valence-corrected chi connectivity index (χ0v) is 11.9. The van der Waals surface area contributed by atoms with Crippen molar-refractivity contribution in [2.24, 2.45) is 16.3 Å². The number of nitrogens with zero attached hydrogens (tertiary/aromatic N) is 2. The van der Waals surface area contributed by atoms with Gasteiger partial charge in [-0.15, -0.1) is 0 Å². The maximum Gasteiger partial charge on any atom is 0.236 e. The fourth-order valence-corrected chi connectivity index (χ4v) is 2.46. The zero-order valence-electron chi connectivity index (χ0n) is 11.9. The molecule has 1 rings (SSSR count). The highest BCUT2D eigenvalue weighted by molar-refractivity contribution is 6.06. The van der Waals surface area contributed by atoms with Crippen molar-refractivity contribution < 1.29 is 14.7 Å². The summed E-state index contributed by atoms with van der Waals surface area (Å²) < 4.78 is 5.28. The molecule has 0 unspecified atom stereocenters. The summed E-state index contributed by atoms with van der Waals surface area (Å²) in [6.07, 6.45) is 4.12. The molecule has 0 aromatic heterocycles. The second-order valence-electron chi connectivity index (χ2n) is 5.11. The fraction of sp³-hybridized carbons (Fsp3) is 0.846. The lowest BCUT2D eigenvalue weighted by atomic mass is 9.77. The molecule has 19 heavy (non-hydrogen) atoms. The number of unbranched alkanes of at least 4 members (excludes halogenated alkanes) is 2. The summed E-state index contributed by atoms with van der Waals surface area (Å²) in [6, 6.07) is 0. The van der Waals surface area contributed by atoms with Crippen LogP contribution in [0.15, 0.2) is 5.16 Å². The van der Waals surface area contributed by atoms with Crippen LogP contribution in [0.1, 0.15) is 39.0 Å². The first-order valence-corrected chi connectivity index (χ1v) is 6.90. The predicted molar refractivity (Wildman–Crippen MR) is 73.1 cm³/mol. The van der Waals surface area contributed by atoms with Gasteiger partial charge in [0.25, 0.3) is 0 Å². The van der Waals surface area contributed by atoms with Crippen LogP contribution in [0, 0.1) is 5.41 Å². The lowest BCUT2D eigenvalue weighted by Crippen LogP contribution is -2.53. The highest BCUT2D eigenvalue weighted by Gasteiger charge is 2.45. The zero-order chi connectivity index (χ0) is 14.3. The Bertz CT molecular complexity index is 325. The number of hydrogen-bond acceptors (Lipinski definition) is 4. The molecule has 1 amide bonds. The Morgan fingerprint density at radius 2 is 2.05 bits per heavy atom. The molecule has 1 aliphatic heterocycles. The highest BCUT2D eigenvalue weighted by atomic mass is 16.5. The normalized spacial score (nSPS) is 19.2. The molecule has 0 atom stereocenters. The summed E-state index contributed by atoms with van der Waals surface area (Å²) in [4.78, 5) is 14.3. The van der Waals surface area contributed by atoms with E-state index in [4.69, 9.17) is 15.7 Å². The van der Waals surface area contributed by atoms with E-state index in [9.17, 15) is 4.79 Å². The second-order valence-corrected chi connectivity index (χ2v) is 5.11. The lowest BCUT2D eigenvalue weighted by Gasteiger charge is -2.37. The molecule has 0 spiro atoms. The number of carbonyl (C=O) groups is 1. The summed E-state index contributed by atoms with van der Waals surface area (Å²) in [5, 5.41) is 12.0.